The number of aromatic nitrogens is 3. The van der Waals surface area contributed by atoms with Gasteiger partial charge in [-0.2, -0.15) is 0 Å². The van der Waals surface area contributed by atoms with E-state index in [0.717, 1.165) is 59.5 Å². The molecule has 0 radical (unpaired) electrons. The third-order valence-electron chi connectivity index (χ3n) is 7.26. The minimum atomic E-state index is -0.144. The number of H-pyrrole nitrogens is 1. The number of hydrogen-bond acceptors (Lipinski definition) is 6. The Hall–Kier alpha value is -3.46. The van der Waals surface area contributed by atoms with E-state index in [4.69, 9.17) is 9.47 Å². The van der Waals surface area contributed by atoms with Gasteiger partial charge in [0.05, 0.1) is 17.7 Å². The van der Waals surface area contributed by atoms with Gasteiger partial charge in [0.1, 0.15) is 29.9 Å². The van der Waals surface area contributed by atoms with Crippen molar-refractivity contribution in [2.45, 2.75) is 64.5 Å². The molecule has 0 saturated heterocycles. The van der Waals surface area contributed by atoms with Gasteiger partial charge >= 0.3 is 0 Å². The second-order valence-corrected chi connectivity index (χ2v) is 10.3. The summed E-state index contributed by atoms with van der Waals surface area (Å²) in [6.45, 7) is 4.71. The summed E-state index contributed by atoms with van der Waals surface area (Å²) in [5.41, 5.74) is 5.37. The molecule has 196 valence electrons. The summed E-state index contributed by atoms with van der Waals surface area (Å²) in [5, 5.41) is 6.19. The molecular formula is C28H35N5O4. The van der Waals surface area contributed by atoms with E-state index in [0.29, 0.717) is 23.6 Å². The van der Waals surface area contributed by atoms with Crippen LogP contribution in [0, 0.1) is 19.8 Å². The van der Waals surface area contributed by atoms with Crippen LogP contribution in [0.15, 0.2) is 24.5 Å². The minimum Gasteiger partial charge on any atom is -0.493 e. The summed E-state index contributed by atoms with van der Waals surface area (Å²) in [5.74, 6) is 1.19. The van der Waals surface area contributed by atoms with Crippen molar-refractivity contribution < 1.29 is 19.1 Å². The zero-order chi connectivity index (χ0) is 25.9. The van der Waals surface area contributed by atoms with Crippen LogP contribution in [0.25, 0.3) is 22.3 Å². The Morgan fingerprint density at radius 3 is 2.46 bits per heavy atom. The standard InChI is InChI=1S/C28H35N5O4/c1-16-4-11-22(37-13-18-5-6-18)21(12-16)25-27-26(30-15-29-25)24(17(2)31-27)28(35)33-20-9-7-19(8-10-20)32-23(34)14-36-3/h4,11-12,15,18-20,31H,5-10,13-14H2,1-3H3,(H,32,34)(H,33,35). The predicted octanol–water partition coefficient (Wildman–Crippen LogP) is 3.83. The Bertz CT molecular complexity index is 1290. The largest absolute Gasteiger partial charge is 0.493 e. The number of fused-ring (bicyclic) bond motifs is 1. The third kappa shape index (κ3) is 5.77. The van der Waals surface area contributed by atoms with Crippen molar-refractivity contribution in [3.63, 3.8) is 0 Å². The molecule has 2 aromatic heterocycles. The number of hydrogen-bond donors (Lipinski definition) is 3. The molecule has 9 nitrogen and oxygen atoms in total. The van der Waals surface area contributed by atoms with Crippen molar-refractivity contribution in [3.8, 4) is 17.0 Å². The summed E-state index contributed by atoms with van der Waals surface area (Å²) < 4.78 is 11.1. The van der Waals surface area contributed by atoms with Crippen LogP contribution in [0.1, 0.15) is 60.1 Å². The number of nitrogens with one attached hydrogen (secondary N) is 3. The second-order valence-electron chi connectivity index (χ2n) is 10.3. The van der Waals surface area contributed by atoms with E-state index in [1.54, 1.807) is 0 Å². The van der Waals surface area contributed by atoms with Gasteiger partial charge in [-0.3, -0.25) is 9.59 Å². The third-order valence-corrected chi connectivity index (χ3v) is 7.26. The normalized spacial score (nSPS) is 19.5. The molecule has 37 heavy (non-hydrogen) atoms. The first kappa shape index (κ1) is 25.2. The van der Waals surface area contributed by atoms with Crippen LogP contribution in [0.2, 0.25) is 0 Å². The minimum absolute atomic E-state index is 0.0490. The Balaban J connectivity index is 1.34. The molecule has 2 fully saturated rings. The average Bonchev–Trinajstić information content (AvgIpc) is 3.64. The van der Waals surface area contributed by atoms with Gasteiger partial charge in [0.2, 0.25) is 5.91 Å². The van der Waals surface area contributed by atoms with Gasteiger partial charge in [-0.05, 0) is 70.4 Å². The van der Waals surface area contributed by atoms with Gasteiger partial charge < -0.3 is 25.1 Å². The fourth-order valence-corrected chi connectivity index (χ4v) is 5.09. The number of carbonyl (C=O) groups is 2. The first-order valence-electron chi connectivity index (χ1n) is 13.1. The van der Waals surface area contributed by atoms with Crippen LogP contribution >= 0.6 is 0 Å². The van der Waals surface area contributed by atoms with Crippen LogP contribution in [0.3, 0.4) is 0 Å². The topological polar surface area (TPSA) is 118 Å². The maximum absolute atomic E-state index is 13.4. The maximum Gasteiger partial charge on any atom is 0.255 e. The highest BCUT2D eigenvalue weighted by molar-refractivity contribution is 6.09. The van der Waals surface area contributed by atoms with Gasteiger partial charge in [0.25, 0.3) is 5.91 Å². The van der Waals surface area contributed by atoms with E-state index in [-0.39, 0.29) is 30.5 Å². The van der Waals surface area contributed by atoms with Crippen molar-refractivity contribution in [1.29, 1.82) is 0 Å². The molecule has 1 aromatic carbocycles. The lowest BCUT2D eigenvalue weighted by Gasteiger charge is -2.29. The fourth-order valence-electron chi connectivity index (χ4n) is 5.09. The number of aryl methyl sites for hydroxylation is 2. The quantitative estimate of drug-likeness (QED) is 0.407. The summed E-state index contributed by atoms with van der Waals surface area (Å²) in [7, 11) is 1.51. The Morgan fingerprint density at radius 2 is 1.76 bits per heavy atom. The number of rotatable bonds is 9. The predicted molar refractivity (Wildman–Crippen MR) is 141 cm³/mol. The first-order valence-corrected chi connectivity index (χ1v) is 13.1. The van der Waals surface area contributed by atoms with Crippen molar-refractivity contribution in [2.75, 3.05) is 20.3 Å². The Labute approximate surface area is 216 Å². The number of methoxy groups -OCH3 is 1. The van der Waals surface area contributed by atoms with Crippen LogP contribution in [-0.2, 0) is 9.53 Å². The van der Waals surface area contributed by atoms with Crippen molar-refractivity contribution in [2.24, 2.45) is 5.92 Å². The number of ether oxygens (including phenoxy) is 2. The Morgan fingerprint density at radius 1 is 1.03 bits per heavy atom. The summed E-state index contributed by atoms with van der Waals surface area (Å²) >= 11 is 0. The van der Waals surface area contributed by atoms with Crippen molar-refractivity contribution in [1.82, 2.24) is 25.6 Å². The van der Waals surface area contributed by atoms with E-state index in [1.807, 2.05) is 26.0 Å². The van der Waals surface area contributed by atoms with Gasteiger partial charge in [-0.1, -0.05) is 11.6 Å². The average molecular weight is 506 g/mol. The molecule has 0 spiro atoms. The second kappa shape index (κ2) is 10.9. The molecule has 2 aliphatic rings. The van der Waals surface area contributed by atoms with Gasteiger partial charge in [-0.15, -0.1) is 0 Å². The highest BCUT2D eigenvalue weighted by atomic mass is 16.5. The molecule has 0 unspecified atom stereocenters. The van der Waals surface area contributed by atoms with Gasteiger partial charge in [0.15, 0.2) is 0 Å². The number of carbonyl (C=O) groups excluding carboxylic acids is 2. The van der Waals surface area contributed by atoms with Crippen molar-refractivity contribution in [3.05, 3.63) is 41.3 Å². The molecule has 2 saturated carbocycles. The molecule has 3 N–H and O–H groups in total. The molecule has 0 bridgehead atoms. The molecule has 9 heteroatoms. The van der Waals surface area contributed by atoms with Crippen molar-refractivity contribution >= 4 is 22.8 Å². The van der Waals surface area contributed by atoms with Crippen LogP contribution in [0.4, 0.5) is 0 Å². The molecule has 2 aliphatic carbocycles. The number of amides is 2. The fraction of sp³-hybridized carbons (Fsp3) is 0.500. The van der Waals surface area contributed by atoms with Crippen LogP contribution < -0.4 is 15.4 Å². The molecule has 0 aliphatic heterocycles. The molecule has 2 amide bonds. The lowest BCUT2D eigenvalue weighted by atomic mass is 9.91. The van der Waals surface area contributed by atoms with Gasteiger partial charge in [-0.25, -0.2) is 9.97 Å². The first-order chi connectivity index (χ1) is 17.9. The maximum atomic E-state index is 13.4. The lowest BCUT2D eigenvalue weighted by Crippen LogP contribution is -2.44. The number of nitrogens with zero attached hydrogens (tertiary/aromatic N) is 2. The molecule has 0 atom stereocenters. The summed E-state index contributed by atoms with van der Waals surface area (Å²) in [6.07, 6.45) is 7.19. The van der Waals surface area contributed by atoms with Crippen LogP contribution in [-0.4, -0.2) is 59.2 Å². The highest BCUT2D eigenvalue weighted by Gasteiger charge is 2.27. The summed E-state index contributed by atoms with van der Waals surface area (Å²) in [6, 6.07) is 6.28. The number of aromatic amines is 1. The summed E-state index contributed by atoms with van der Waals surface area (Å²) in [4.78, 5) is 37.7. The zero-order valence-corrected chi connectivity index (χ0v) is 21.7. The van der Waals surface area contributed by atoms with E-state index in [1.165, 1.54) is 26.3 Å². The Kier molecular flexibility index (Phi) is 7.41. The number of benzene rings is 1. The van der Waals surface area contributed by atoms with Crippen LogP contribution in [0.5, 0.6) is 5.75 Å². The molecule has 3 aromatic rings. The molecular weight excluding hydrogens is 470 g/mol. The van der Waals surface area contributed by atoms with E-state index in [2.05, 4.69) is 31.7 Å². The van der Waals surface area contributed by atoms with Gasteiger partial charge in [0, 0.05) is 30.5 Å². The highest BCUT2D eigenvalue weighted by Crippen LogP contribution is 2.37. The van der Waals surface area contributed by atoms with E-state index >= 15 is 0 Å². The monoisotopic (exact) mass is 505 g/mol. The SMILES string of the molecule is COCC(=O)NC1CCC(NC(=O)c2c(C)[nH]c3c(-c4cc(C)ccc4OCC4CC4)ncnc23)CC1. The van der Waals surface area contributed by atoms with E-state index < -0.39 is 0 Å². The molecule has 5 rings (SSSR count). The molecule has 2 heterocycles. The smallest absolute Gasteiger partial charge is 0.255 e. The van der Waals surface area contributed by atoms with E-state index in [9.17, 15) is 9.59 Å². The zero-order valence-electron chi connectivity index (χ0n) is 21.7. The lowest BCUT2D eigenvalue weighted by molar-refractivity contribution is -0.125.